The number of anilines is 2. The molecule has 1 atom stereocenters. The van der Waals surface area contributed by atoms with E-state index in [-0.39, 0.29) is 0 Å². The van der Waals surface area contributed by atoms with Gasteiger partial charge >= 0.3 is 0 Å². The Bertz CT molecular complexity index is 668. The first-order valence-corrected chi connectivity index (χ1v) is 7.67. The maximum Gasteiger partial charge on any atom is 0.122 e. The van der Waals surface area contributed by atoms with Crippen LogP contribution in [0.25, 0.3) is 0 Å². The second-order valence-electron chi connectivity index (χ2n) is 5.92. The molecule has 2 aromatic rings. The lowest BCUT2D eigenvalue weighted by atomic mass is 9.92. The number of fused-ring (bicyclic) bond motifs is 2. The van der Waals surface area contributed by atoms with Gasteiger partial charge in [-0.05, 0) is 36.1 Å². The summed E-state index contributed by atoms with van der Waals surface area (Å²) in [5, 5.41) is 0. The van der Waals surface area contributed by atoms with Gasteiger partial charge < -0.3 is 15.4 Å². The smallest absolute Gasteiger partial charge is 0.122 e. The van der Waals surface area contributed by atoms with Crippen molar-refractivity contribution in [3.63, 3.8) is 0 Å². The quantitative estimate of drug-likeness (QED) is 0.859. The van der Waals surface area contributed by atoms with E-state index in [0.29, 0.717) is 5.92 Å². The summed E-state index contributed by atoms with van der Waals surface area (Å²) in [6.07, 6.45) is 2.18. The normalized spacial score (nSPS) is 19.8. The van der Waals surface area contributed by atoms with Crippen LogP contribution in [0.2, 0.25) is 0 Å². The van der Waals surface area contributed by atoms with Crippen LogP contribution in [0.5, 0.6) is 5.75 Å². The van der Waals surface area contributed by atoms with E-state index in [1.807, 2.05) is 12.1 Å². The molecular weight excluding hydrogens is 260 g/mol. The van der Waals surface area contributed by atoms with Crippen molar-refractivity contribution in [3.8, 4) is 5.75 Å². The largest absolute Gasteiger partial charge is 0.493 e. The van der Waals surface area contributed by atoms with Crippen molar-refractivity contribution < 1.29 is 4.74 Å². The summed E-state index contributed by atoms with van der Waals surface area (Å²) >= 11 is 0. The highest BCUT2D eigenvalue weighted by molar-refractivity contribution is 5.74. The van der Waals surface area contributed by atoms with Crippen LogP contribution >= 0.6 is 0 Å². The van der Waals surface area contributed by atoms with E-state index in [4.69, 9.17) is 10.5 Å². The van der Waals surface area contributed by atoms with Crippen LogP contribution in [0.1, 0.15) is 23.5 Å². The van der Waals surface area contributed by atoms with Gasteiger partial charge in [0.1, 0.15) is 5.75 Å². The van der Waals surface area contributed by atoms with Crippen molar-refractivity contribution in [2.24, 2.45) is 0 Å². The van der Waals surface area contributed by atoms with Gasteiger partial charge in [-0.3, -0.25) is 0 Å². The average Bonchev–Trinajstić information content (AvgIpc) is 2.92. The highest BCUT2D eigenvalue weighted by Gasteiger charge is 2.27. The molecule has 2 aromatic carbocycles. The van der Waals surface area contributed by atoms with Gasteiger partial charge in [0, 0.05) is 19.0 Å². The van der Waals surface area contributed by atoms with Gasteiger partial charge in [-0.15, -0.1) is 0 Å². The Morgan fingerprint density at radius 2 is 2.05 bits per heavy atom. The molecule has 21 heavy (non-hydrogen) atoms. The van der Waals surface area contributed by atoms with Crippen LogP contribution in [0.15, 0.2) is 42.5 Å². The van der Waals surface area contributed by atoms with Crippen LogP contribution in [-0.4, -0.2) is 19.7 Å². The van der Waals surface area contributed by atoms with Crippen molar-refractivity contribution in [1.82, 2.24) is 0 Å². The molecule has 2 aliphatic heterocycles. The van der Waals surface area contributed by atoms with Crippen molar-refractivity contribution >= 4 is 11.4 Å². The zero-order valence-electron chi connectivity index (χ0n) is 12.1. The standard InChI is InChI=1S/C18H20N2O/c19-16-6-3-4-13-8-10-20(18(13)16)12-14-9-11-21-17-7-2-1-5-15(14)17/h1-7,14H,8-12,19H2. The predicted molar refractivity (Wildman–Crippen MR) is 86.1 cm³/mol. The molecule has 0 saturated carbocycles. The number of nitrogens with two attached hydrogens (primary N) is 1. The molecule has 0 amide bonds. The van der Waals surface area contributed by atoms with Crippen LogP contribution < -0.4 is 15.4 Å². The van der Waals surface area contributed by atoms with Gasteiger partial charge in [0.25, 0.3) is 0 Å². The maximum absolute atomic E-state index is 6.20. The summed E-state index contributed by atoms with van der Waals surface area (Å²) in [6, 6.07) is 14.7. The molecule has 2 N–H and O–H groups in total. The fourth-order valence-electron chi connectivity index (χ4n) is 3.62. The highest BCUT2D eigenvalue weighted by atomic mass is 16.5. The van der Waals surface area contributed by atoms with E-state index in [9.17, 15) is 0 Å². The van der Waals surface area contributed by atoms with Gasteiger partial charge in [-0.2, -0.15) is 0 Å². The number of rotatable bonds is 2. The fraction of sp³-hybridized carbons (Fsp3) is 0.333. The Balaban J connectivity index is 1.62. The van der Waals surface area contributed by atoms with E-state index >= 15 is 0 Å². The molecule has 3 nitrogen and oxygen atoms in total. The van der Waals surface area contributed by atoms with Crippen LogP contribution in [0.4, 0.5) is 11.4 Å². The zero-order chi connectivity index (χ0) is 14.2. The Hall–Kier alpha value is -2.16. The second kappa shape index (κ2) is 4.99. The third-order valence-electron chi connectivity index (χ3n) is 4.64. The first-order chi connectivity index (χ1) is 10.3. The fourth-order valence-corrected chi connectivity index (χ4v) is 3.62. The number of benzene rings is 2. The molecule has 0 saturated heterocycles. The van der Waals surface area contributed by atoms with Gasteiger partial charge in [0.15, 0.2) is 0 Å². The summed E-state index contributed by atoms with van der Waals surface area (Å²) in [5.74, 6) is 1.58. The summed E-state index contributed by atoms with van der Waals surface area (Å²) in [6.45, 7) is 2.91. The molecule has 2 heterocycles. The Labute approximate surface area is 125 Å². The molecule has 0 spiro atoms. The minimum Gasteiger partial charge on any atom is -0.493 e. The van der Waals surface area contributed by atoms with Crippen LogP contribution in [0.3, 0.4) is 0 Å². The number of hydrogen-bond acceptors (Lipinski definition) is 3. The third-order valence-corrected chi connectivity index (χ3v) is 4.64. The highest BCUT2D eigenvalue weighted by Crippen LogP contribution is 2.38. The first kappa shape index (κ1) is 12.6. The minimum atomic E-state index is 0.528. The predicted octanol–water partition coefficient (Wildman–Crippen LogP) is 3.20. The summed E-state index contributed by atoms with van der Waals surface area (Å²) in [7, 11) is 0. The Kier molecular flexibility index (Phi) is 2.99. The minimum absolute atomic E-state index is 0.528. The number of para-hydroxylation sites is 2. The Morgan fingerprint density at radius 3 is 3.00 bits per heavy atom. The second-order valence-corrected chi connectivity index (χ2v) is 5.92. The van der Waals surface area contributed by atoms with Crippen LogP contribution in [0, 0.1) is 0 Å². The van der Waals surface area contributed by atoms with Crippen molar-refractivity contribution in [2.75, 3.05) is 30.3 Å². The molecule has 108 valence electrons. The lowest BCUT2D eigenvalue weighted by molar-refractivity contribution is 0.268. The monoisotopic (exact) mass is 280 g/mol. The molecule has 4 rings (SSSR count). The summed E-state index contributed by atoms with van der Waals surface area (Å²) in [4.78, 5) is 2.46. The van der Waals surface area contributed by atoms with Gasteiger partial charge in [0.2, 0.25) is 0 Å². The van der Waals surface area contributed by atoms with Crippen molar-refractivity contribution in [1.29, 1.82) is 0 Å². The summed E-state index contributed by atoms with van der Waals surface area (Å²) < 4.78 is 5.77. The topological polar surface area (TPSA) is 38.5 Å². The molecule has 1 unspecified atom stereocenters. The van der Waals surface area contributed by atoms with E-state index in [0.717, 1.165) is 44.0 Å². The number of nitrogens with zero attached hydrogens (tertiary/aromatic N) is 1. The molecule has 3 heteroatoms. The lowest BCUT2D eigenvalue weighted by Crippen LogP contribution is -2.30. The van der Waals surface area contributed by atoms with E-state index in [1.165, 1.54) is 16.8 Å². The van der Waals surface area contributed by atoms with Crippen molar-refractivity contribution in [3.05, 3.63) is 53.6 Å². The van der Waals surface area contributed by atoms with Crippen molar-refractivity contribution in [2.45, 2.75) is 18.8 Å². The average molecular weight is 280 g/mol. The SMILES string of the molecule is Nc1cccc2c1N(CC1CCOc3ccccc31)CC2. The van der Waals surface area contributed by atoms with Crippen LogP contribution in [-0.2, 0) is 6.42 Å². The molecule has 0 fully saturated rings. The summed E-state index contributed by atoms with van der Waals surface area (Å²) in [5.41, 5.74) is 11.1. The first-order valence-electron chi connectivity index (χ1n) is 7.67. The molecule has 0 bridgehead atoms. The van der Waals surface area contributed by atoms with E-state index in [1.54, 1.807) is 0 Å². The molecule has 0 aromatic heterocycles. The molecule has 0 aliphatic carbocycles. The molecular formula is C18H20N2O. The Morgan fingerprint density at radius 1 is 1.14 bits per heavy atom. The third kappa shape index (κ3) is 2.13. The molecule has 2 aliphatic rings. The zero-order valence-corrected chi connectivity index (χ0v) is 12.1. The van der Waals surface area contributed by atoms with Gasteiger partial charge in [-0.25, -0.2) is 0 Å². The number of nitrogen functional groups attached to an aromatic ring is 1. The number of ether oxygens (including phenoxy) is 1. The maximum atomic E-state index is 6.20. The van der Waals surface area contributed by atoms with Gasteiger partial charge in [-0.1, -0.05) is 30.3 Å². The van der Waals surface area contributed by atoms with E-state index < -0.39 is 0 Å². The van der Waals surface area contributed by atoms with Gasteiger partial charge in [0.05, 0.1) is 18.0 Å². The van der Waals surface area contributed by atoms with E-state index in [2.05, 4.69) is 35.2 Å². The lowest BCUT2D eigenvalue weighted by Gasteiger charge is -2.31. The molecule has 0 radical (unpaired) electrons. The number of hydrogen-bond donors (Lipinski definition) is 1.